The molecule has 174 valence electrons. The fraction of sp³-hybridized carbons (Fsp3) is 0.182. The van der Waals surface area contributed by atoms with Crippen molar-refractivity contribution in [1.29, 1.82) is 0 Å². The van der Waals surface area contributed by atoms with Gasteiger partial charge < -0.3 is 9.50 Å². The topological polar surface area (TPSA) is 94.5 Å². The molecule has 1 heterocycles. The van der Waals surface area contributed by atoms with Gasteiger partial charge in [0.2, 0.25) is 0 Å². The van der Waals surface area contributed by atoms with E-state index in [0.717, 1.165) is 23.0 Å². The molecule has 0 aliphatic rings. The summed E-state index contributed by atoms with van der Waals surface area (Å²) in [4.78, 5) is 25.5. The van der Waals surface area contributed by atoms with Crippen LogP contribution >= 0.6 is 0 Å². The van der Waals surface area contributed by atoms with Gasteiger partial charge in [-0.25, -0.2) is 0 Å². The number of nitrogens with one attached hydrogen (secondary N) is 1. The summed E-state index contributed by atoms with van der Waals surface area (Å²) in [5, 5.41) is 2.57. The zero-order valence-corrected chi connectivity index (χ0v) is 18.3. The second-order valence-corrected chi connectivity index (χ2v) is 8.77. The average Bonchev–Trinajstić information content (AvgIpc) is 2.72. The van der Waals surface area contributed by atoms with Crippen LogP contribution in [0.4, 0.5) is 13.2 Å². The maximum atomic E-state index is 13.1. The molecule has 0 aliphatic carbocycles. The van der Waals surface area contributed by atoms with Crippen molar-refractivity contribution in [2.24, 2.45) is 0 Å². The lowest BCUT2D eigenvalue weighted by atomic mass is 10.1. The molecule has 0 saturated carbocycles. The van der Waals surface area contributed by atoms with Crippen LogP contribution in [0.5, 0.6) is 5.75 Å². The molecule has 33 heavy (non-hydrogen) atoms. The molecule has 0 fully saturated rings. The van der Waals surface area contributed by atoms with E-state index < -0.39 is 33.3 Å². The minimum atomic E-state index is -4.58. The summed E-state index contributed by atoms with van der Waals surface area (Å²) in [5.74, 6) is -0.604. The van der Waals surface area contributed by atoms with E-state index >= 15 is 0 Å². The first-order chi connectivity index (χ1) is 15.3. The molecule has 0 saturated heterocycles. The number of rotatable bonds is 6. The zero-order valence-electron chi connectivity index (χ0n) is 17.5. The third-order valence-electron chi connectivity index (χ3n) is 4.58. The Bertz CT molecular complexity index is 1350. The van der Waals surface area contributed by atoms with Gasteiger partial charge in [-0.1, -0.05) is 18.2 Å². The second-order valence-electron chi connectivity index (χ2n) is 7.19. The van der Waals surface area contributed by atoms with Crippen LogP contribution in [0.25, 0.3) is 5.69 Å². The van der Waals surface area contributed by atoms with Crippen molar-refractivity contribution in [2.45, 2.75) is 19.6 Å². The van der Waals surface area contributed by atoms with Gasteiger partial charge in [0.25, 0.3) is 11.5 Å². The van der Waals surface area contributed by atoms with E-state index in [0.29, 0.717) is 11.3 Å². The first-order valence-corrected chi connectivity index (χ1v) is 11.3. The molecule has 11 heteroatoms. The number of aromatic nitrogens is 1. The van der Waals surface area contributed by atoms with Gasteiger partial charge in [0.1, 0.15) is 11.3 Å². The van der Waals surface area contributed by atoms with Gasteiger partial charge in [-0.15, -0.1) is 0 Å². The van der Waals surface area contributed by atoms with Gasteiger partial charge in [0.15, 0.2) is 0 Å². The smallest absolute Gasteiger partial charge is 0.383 e. The predicted octanol–water partition coefficient (Wildman–Crippen LogP) is 3.43. The molecule has 0 spiro atoms. The summed E-state index contributed by atoms with van der Waals surface area (Å²) in [6.45, 7) is 1.57. The molecular weight excluding hydrogens is 461 g/mol. The van der Waals surface area contributed by atoms with Gasteiger partial charge in [-0.3, -0.25) is 14.2 Å². The van der Waals surface area contributed by atoms with Crippen LogP contribution in [0.1, 0.15) is 27.2 Å². The Morgan fingerprint density at radius 2 is 1.73 bits per heavy atom. The fourth-order valence-corrected chi connectivity index (χ4v) is 3.52. The molecule has 1 N–H and O–H groups in total. The number of alkyl halides is 3. The van der Waals surface area contributed by atoms with Crippen LogP contribution < -0.4 is 15.1 Å². The molecule has 0 bridgehead atoms. The Balaban J connectivity index is 1.82. The van der Waals surface area contributed by atoms with Crippen molar-refractivity contribution in [3.05, 3.63) is 93.4 Å². The average molecular weight is 480 g/mol. The summed E-state index contributed by atoms with van der Waals surface area (Å²) >= 11 is 0. The zero-order chi connectivity index (χ0) is 24.4. The van der Waals surface area contributed by atoms with E-state index in [1.165, 1.54) is 48.5 Å². The van der Waals surface area contributed by atoms with Gasteiger partial charge in [-0.05, 0) is 55.0 Å². The number of halogens is 3. The lowest BCUT2D eigenvalue weighted by Crippen LogP contribution is -2.33. The summed E-state index contributed by atoms with van der Waals surface area (Å²) in [6.07, 6.45) is -3.67. The van der Waals surface area contributed by atoms with Crippen LogP contribution in [0.3, 0.4) is 0 Å². The van der Waals surface area contributed by atoms with Crippen molar-refractivity contribution in [3.63, 3.8) is 0 Å². The third kappa shape index (κ3) is 6.01. The highest BCUT2D eigenvalue weighted by Gasteiger charge is 2.30. The fourth-order valence-electron chi connectivity index (χ4n) is 3.06. The maximum absolute atomic E-state index is 13.1. The molecule has 1 aromatic heterocycles. The van der Waals surface area contributed by atoms with E-state index in [1.807, 2.05) is 0 Å². The molecule has 3 aromatic rings. The van der Waals surface area contributed by atoms with Crippen molar-refractivity contribution >= 4 is 16.0 Å². The quantitative estimate of drug-likeness (QED) is 0.546. The lowest BCUT2D eigenvalue weighted by molar-refractivity contribution is -0.137. The SMILES string of the molecule is Cc1ccc(C(=O)NCc2ccc(OS(C)(=O)=O)cc2)c(=O)n1-c1cccc(C(F)(F)F)c1. The molecule has 0 radical (unpaired) electrons. The Hall–Kier alpha value is -3.60. The highest BCUT2D eigenvalue weighted by molar-refractivity contribution is 7.86. The van der Waals surface area contributed by atoms with Crippen LogP contribution in [-0.4, -0.2) is 25.1 Å². The third-order valence-corrected chi connectivity index (χ3v) is 5.07. The Labute approximate surface area is 187 Å². The second kappa shape index (κ2) is 9.10. The van der Waals surface area contributed by atoms with Crippen LogP contribution in [0.2, 0.25) is 0 Å². The van der Waals surface area contributed by atoms with Gasteiger partial charge in [0, 0.05) is 17.9 Å². The number of carbonyl (C=O) groups excluding carboxylic acids is 1. The van der Waals surface area contributed by atoms with E-state index in [9.17, 15) is 31.2 Å². The lowest BCUT2D eigenvalue weighted by Gasteiger charge is -2.14. The number of amides is 1. The predicted molar refractivity (Wildman–Crippen MR) is 115 cm³/mol. The van der Waals surface area contributed by atoms with E-state index in [-0.39, 0.29) is 23.5 Å². The molecule has 7 nitrogen and oxygen atoms in total. The van der Waals surface area contributed by atoms with Gasteiger partial charge in [0.05, 0.1) is 11.8 Å². The molecule has 0 atom stereocenters. The summed E-state index contributed by atoms with van der Waals surface area (Å²) < 4.78 is 67.3. The molecule has 0 unspecified atom stereocenters. The molecular formula is C22H19F3N2O5S. The van der Waals surface area contributed by atoms with Crippen LogP contribution in [-0.2, 0) is 22.8 Å². The summed E-state index contributed by atoms with van der Waals surface area (Å²) in [6, 6.07) is 13.0. The highest BCUT2D eigenvalue weighted by atomic mass is 32.2. The number of aryl methyl sites for hydroxylation is 1. The number of hydrogen-bond donors (Lipinski definition) is 1. The van der Waals surface area contributed by atoms with Crippen molar-refractivity contribution in [2.75, 3.05) is 6.26 Å². The minimum Gasteiger partial charge on any atom is -0.383 e. The summed E-state index contributed by atoms with van der Waals surface area (Å²) in [7, 11) is -3.67. The first-order valence-electron chi connectivity index (χ1n) is 9.52. The number of carbonyl (C=O) groups is 1. The van der Waals surface area contributed by atoms with E-state index in [4.69, 9.17) is 4.18 Å². The van der Waals surface area contributed by atoms with Crippen molar-refractivity contribution < 1.29 is 30.6 Å². The standard InChI is InChI=1S/C22H19F3N2O5S/c1-14-6-11-19(21(29)27(14)17-5-3-4-16(12-17)22(23,24)25)20(28)26-13-15-7-9-18(10-8-15)32-33(2,30)31/h3-12H,13H2,1-2H3,(H,26,28). The van der Waals surface area contributed by atoms with Crippen LogP contribution in [0.15, 0.2) is 65.5 Å². The normalized spacial score (nSPS) is 11.8. The molecule has 1 amide bonds. The highest BCUT2D eigenvalue weighted by Crippen LogP contribution is 2.30. The summed E-state index contributed by atoms with van der Waals surface area (Å²) in [5.41, 5.74) is -0.960. The van der Waals surface area contributed by atoms with Crippen molar-refractivity contribution in [1.82, 2.24) is 9.88 Å². The molecule has 2 aromatic carbocycles. The van der Waals surface area contributed by atoms with Crippen LogP contribution in [0, 0.1) is 6.92 Å². The number of benzene rings is 2. The van der Waals surface area contributed by atoms with Crippen molar-refractivity contribution in [3.8, 4) is 11.4 Å². The molecule has 3 rings (SSSR count). The van der Waals surface area contributed by atoms with E-state index in [2.05, 4.69) is 5.32 Å². The maximum Gasteiger partial charge on any atom is 0.416 e. The Morgan fingerprint density at radius 3 is 2.33 bits per heavy atom. The monoisotopic (exact) mass is 480 g/mol. The number of nitrogens with zero attached hydrogens (tertiary/aromatic N) is 1. The Morgan fingerprint density at radius 1 is 1.06 bits per heavy atom. The first kappa shape index (κ1) is 24.1. The number of hydrogen-bond acceptors (Lipinski definition) is 5. The van der Waals surface area contributed by atoms with Gasteiger partial charge >= 0.3 is 16.3 Å². The largest absolute Gasteiger partial charge is 0.416 e. The van der Waals surface area contributed by atoms with E-state index in [1.54, 1.807) is 6.92 Å². The number of pyridine rings is 1. The minimum absolute atomic E-state index is 0.0107. The molecule has 0 aliphatic heterocycles. The Kier molecular flexibility index (Phi) is 6.63. The van der Waals surface area contributed by atoms with Gasteiger partial charge in [-0.2, -0.15) is 21.6 Å².